The highest BCUT2D eigenvalue weighted by molar-refractivity contribution is 6.03. The Balaban J connectivity index is 2.11. The summed E-state index contributed by atoms with van der Waals surface area (Å²) in [7, 11) is 0. The van der Waals surface area contributed by atoms with Crippen LogP contribution in [-0.2, 0) is 0 Å². The van der Waals surface area contributed by atoms with Crippen LogP contribution in [0.1, 0.15) is 41.6 Å². The summed E-state index contributed by atoms with van der Waals surface area (Å²) in [6.45, 7) is 5.51. The number of rotatable bonds is 5. The summed E-state index contributed by atoms with van der Waals surface area (Å²) in [6, 6.07) is 8.34. The zero-order valence-electron chi connectivity index (χ0n) is 13.2. The van der Waals surface area contributed by atoms with Crippen molar-refractivity contribution in [2.75, 3.05) is 5.32 Å². The summed E-state index contributed by atoms with van der Waals surface area (Å²) in [4.78, 5) is 22.9. The van der Waals surface area contributed by atoms with E-state index in [4.69, 9.17) is 9.52 Å². The van der Waals surface area contributed by atoms with E-state index in [1.165, 1.54) is 6.26 Å². The molecule has 0 bridgehead atoms. The molecule has 0 spiro atoms. The molecule has 0 aliphatic heterocycles. The first-order valence-electron chi connectivity index (χ1n) is 7.13. The number of carbonyl (C=O) groups excluding carboxylic acids is 1. The van der Waals surface area contributed by atoms with E-state index in [2.05, 4.69) is 10.6 Å². The number of carbonyl (C=O) groups is 2. The summed E-state index contributed by atoms with van der Waals surface area (Å²) in [5.74, 6) is 0.881. The third kappa shape index (κ3) is 4.12. The van der Waals surface area contributed by atoms with E-state index >= 15 is 0 Å². The van der Waals surface area contributed by atoms with E-state index in [0.29, 0.717) is 5.69 Å². The standard InChI is InChI=1S/C17H19N2O4/c1-10(2)14(19-17(21)22)12-4-6-13(7-5-12)18-16(20)15-11(3)8-9-23-15/h4-9,14,19H,1-3H3,(H,18,20)(H,21,22). The molecular formula is C17H19N2O4. The van der Waals surface area contributed by atoms with Gasteiger partial charge >= 0.3 is 6.09 Å². The minimum Gasteiger partial charge on any atom is -0.465 e. The highest BCUT2D eigenvalue weighted by atomic mass is 16.4. The Kier molecular flexibility index (Phi) is 5.05. The molecule has 0 aliphatic carbocycles. The lowest BCUT2D eigenvalue weighted by Gasteiger charge is -2.21. The maximum atomic E-state index is 12.1. The van der Waals surface area contributed by atoms with E-state index in [1.807, 2.05) is 13.8 Å². The number of nitrogens with one attached hydrogen (secondary N) is 2. The van der Waals surface area contributed by atoms with Crippen molar-refractivity contribution in [2.24, 2.45) is 0 Å². The molecule has 1 unspecified atom stereocenters. The van der Waals surface area contributed by atoms with E-state index in [1.54, 1.807) is 37.3 Å². The molecule has 1 aromatic heterocycles. The van der Waals surface area contributed by atoms with Gasteiger partial charge in [0.05, 0.1) is 12.3 Å². The van der Waals surface area contributed by atoms with Crippen LogP contribution >= 0.6 is 0 Å². The van der Waals surface area contributed by atoms with E-state index in [0.717, 1.165) is 17.0 Å². The highest BCUT2D eigenvalue weighted by Gasteiger charge is 2.18. The average Bonchev–Trinajstić information content (AvgIpc) is 2.91. The first kappa shape index (κ1) is 16.6. The minimum absolute atomic E-state index is 0.275. The molecule has 6 heteroatoms. The van der Waals surface area contributed by atoms with Crippen LogP contribution in [0.5, 0.6) is 0 Å². The second-order valence-electron chi connectivity index (χ2n) is 5.47. The number of hydrogen-bond acceptors (Lipinski definition) is 3. The van der Waals surface area contributed by atoms with Gasteiger partial charge in [-0.3, -0.25) is 4.79 Å². The molecule has 121 valence electrons. The van der Waals surface area contributed by atoms with Crippen LogP contribution in [0, 0.1) is 12.8 Å². The molecule has 0 aliphatic rings. The van der Waals surface area contributed by atoms with Crippen LogP contribution in [0.3, 0.4) is 0 Å². The molecule has 2 rings (SSSR count). The molecule has 0 saturated heterocycles. The predicted octanol–water partition coefficient (Wildman–Crippen LogP) is 3.76. The summed E-state index contributed by atoms with van der Waals surface area (Å²) < 4.78 is 5.14. The van der Waals surface area contributed by atoms with Crippen molar-refractivity contribution in [1.82, 2.24) is 5.32 Å². The molecule has 0 saturated carbocycles. The molecule has 0 fully saturated rings. The fraction of sp³-hybridized carbons (Fsp3) is 0.235. The Morgan fingerprint density at radius 1 is 1.13 bits per heavy atom. The molecule has 23 heavy (non-hydrogen) atoms. The Hall–Kier alpha value is -2.76. The number of carboxylic acid groups (broad SMARTS) is 1. The maximum absolute atomic E-state index is 12.1. The topological polar surface area (TPSA) is 91.6 Å². The molecule has 6 nitrogen and oxygen atoms in total. The summed E-state index contributed by atoms with van der Waals surface area (Å²) >= 11 is 0. The van der Waals surface area contributed by atoms with Gasteiger partial charge in [-0.15, -0.1) is 0 Å². The monoisotopic (exact) mass is 315 g/mol. The van der Waals surface area contributed by atoms with Crippen molar-refractivity contribution in [3.05, 3.63) is 59.4 Å². The maximum Gasteiger partial charge on any atom is 0.405 e. The lowest BCUT2D eigenvalue weighted by molar-refractivity contribution is 0.0996. The van der Waals surface area contributed by atoms with Crippen molar-refractivity contribution < 1.29 is 19.1 Å². The molecule has 1 radical (unpaired) electrons. The van der Waals surface area contributed by atoms with Gasteiger partial charge in [-0.05, 0) is 36.6 Å². The first-order chi connectivity index (χ1) is 10.9. The van der Waals surface area contributed by atoms with Gasteiger partial charge in [-0.2, -0.15) is 0 Å². The highest BCUT2D eigenvalue weighted by Crippen LogP contribution is 2.24. The first-order valence-corrected chi connectivity index (χ1v) is 7.13. The van der Waals surface area contributed by atoms with Crippen molar-refractivity contribution in [1.29, 1.82) is 0 Å². The quantitative estimate of drug-likeness (QED) is 0.783. The average molecular weight is 315 g/mol. The number of benzene rings is 1. The molecular weight excluding hydrogens is 296 g/mol. The third-order valence-corrected chi connectivity index (χ3v) is 3.42. The molecule has 1 heterocycles. The van der Waals surface area contributed by atoms with Gasteiger partial charge in [-0.25, -0.2) is 4.79 Å². The summed E-state index contributed by atoms with van der Waals surface area (Å²) in [5.41, 5.74) is 2.18. The fourth-order valence-corrected chi connectivity index (χ4v) is 2.24. The number of anilines is 1. The van der Waals surface area contributed by atoms with Gasteiger partial charge in [0.25, 0.3) is 5.91 Å². The second-order valence-corrected chi connectivity index (χ2v) is 5.47. The third-order valence-electron chi connectivity index (χ3n) is 3.42. The van der Waals surface area contributed by atoms with Gasteiger partial charge < -0.3 is 20.2 Å². The van der Waals surface area contributed by atoms with E-state index in [9.17, 15) is 9.59 Å². The van der Waals surface area contributed by atoms with Crippen molar-refractivity contribution in [3.63, 3.8) is 0 Å². The lowest BCUT2D eigenvalue weighted by atomic mass is 9.96. The molecule has 2 amide bonds. The summed E-state index contributed by atoms with van der Waals surface area (Å²) in [6.07, 6.45) is 0.386. The van der Waals surface area contributed by atoms with Gasteiger partial charge in [0.1, 0.15) is 0 Å². The Morgan fingerprint density at radius 2 is 1.78 bits per heavy atom. The minimum atomic E-state index is -1.08. The number of furan rings is 1. The van der Waals surface area contributed by atoms with Gasteiger partial charge in [0, 0.05) is 11.3 Å². The van der Waals surface area contributed by atoms with Gasteiger partial charge in [0.15, 0.2) is 5.76 Å². The van der Waals surface area contributed by atoms with Crippen LogP contribution in [0.4, 0.5) is 10.5 Å². The van der Waals surface area contributed by atoms with Crippen LogP contribution in [0.2, 0.25) is 0 Å². The second kappa shape index (κ2) is 7.00. The van der Waals surface area contributed by atoms with Crippen LogP contribution in [0.25, 0.3) is 0 Å². The SMILES string of the molecule is C[C](C)C(NC(=O)O)c1ccc(NC(=O)c2occc2C)cc1. The normalized spacial score (nSPS) is 12.0. The van der Waals surface area contributed by atoms with Crippen LogP contribution < -0.4 is 10.6 Å². The van der Waals surface area contributed by atoms with Crippen LogP contribution in [-0.4, -0.2) is 17.1 Å². The summed E-state index contributed by atoms with van der Waals surface area (Å²) in [5, 5.41) is 14.1. The Bertz CT molecular complexity index is 689. The van der Waals surface area contributed by atoms with E-state index < -0.39 is 6.09 Å². The smallest absolute Gasteiger partial charge is 0.405 e. The number of hydrogen-bond donors (Lipinski definition) is 3. The van der Waals surface area contributed by atoms with Crippen molar-refractivity contribution in [2.45, 2.75) is 26.8 Å². The number of amides is 2. The van der Waals surface area contributed by atoms with Gasteiger partial charge in [-0.1, -0.05) is 26.0 Å². The molecule has 2 aromatic rings. The van der Waals surface area contributed by atoms with Crippen molar-refractivity contribution >= 4 is 17.7 Å². The molecule has 1 atom stereocenters. The van der Waals surface area contributed by atoms with Crippen LogP contribution in [0.15, 0.2) is 41.0 Å². The molecule has 3 N–H and O–H groups in total. The zero-order chi connectivity index (χ0) is 17.0. The Labute approximate surface area is 134 Å². The number of aryl methyl sites for hydroxylation is 1. The van der Waals surface area contributed by atoms with Crippen molar-refractivity contribution in [3.8, 4) is 0 Å². The zero-order valence-corrected chi connectivity index (χ0v) is 13.2. The molecule has 1 aromatic carbocycles. The Morgan fingerprint density at radius 3 is 2.26 bits per heavy atom. The van der Waals surface area contributed by atoms with E-state index in [-0.39, 0.29) is 17.7 Å². The van der Waals surface area contributed by atoms with Gasteiger partial charge in [0.2, 0.25) is 0 Å². The largest absolute Gasteiger partial charge is 0.465 e. The predicted molar refractivity (Wildman–Crippen MR) is 86.3 cm³/mol. The fourth-order valence-electron chi connectivity index (χ4n) is 2.24. The lowest BCUT2D eigenvalue weighted by Crippen LogP contribution is -2.29.